The topological polar surface area (TPSA) is 39.2 Å². The third-order valence-electron chi connectivity index (χ3n) is 2.19. The molecule has 0 radical (unpaired) electrons. The molecule has 0 aliphatic carbocycles. The van der Waals surface area contributed by atoms with Gasteiger partial charge in [-0.3, -0.25) is 0 Å². The Morgan fingerprint density at radius 3 is 2.40 bits per heavy atom. The van der Waals surface area contributed by atoms with Crippen molar-refractivity contribution in [2.24, 2.45) is 5.73 Å². The van der Waals surface area contributed by atoms with Crippen LogP contribution in [0.3, 0.4) is 0 Å². The van der Waals surface area contributed by atoms with Crippen LogP contribution in [0.15, 0.2) is 22.6 Å². The van der Waals surface area contributed by atoms with E-state index in [9.17, 15) is 0 Å². The molecule has 2 nitrogen and oxygen atoms in total. The maximum absolute atomic E-state index is 5.64. The largest absolute Gasteiger partial charge is 0.456 e. The zero-order valence-corrected chi connectivity index (χ0v) is 9.89. The van der Waals surface area contributed by atoms with Crippen LogP contribution in [0.1, 0.15) is 32.6 Å². The maximum Gasteiger partial charge on any atom is 0.146 e. The summed E-state index contributed by atoms with van der Waals surface area (Å²) in [5.74, 6) is 0. The summed E-state index contributed by atoms with van der Waals surface area (Å²) in [6, 6.07) is 5.55. The van der Waals surface area contributed by atoms with E-state index in [1.165, 1.54) is 25.7 Å². The van der Waals surface area contributed by atoms with Gasteiger partial charge in [0.1, 0.15) is 11.2 Å². The quantitative estimate of drug-likeness (QED) is 0.801. The smallest absolute Gasteiger partial charge is 0.146 e. The van der Waals surface area contributed by atoms with Crippen LogP contribution in [0.5, 0.6) is 0 Å². The molecule has 2 heterocycles. The Morgan fingerprint density at radius 1 is 1.27 bits per heavy atom. The van der Waals surface area contributed by atoms with E-state index in [-0.39, 0.29) is 0 Å². The first-order valence-electron chi connectivity index (χ1n) is 5.45. The predicted molar refractivity (Wildman–Crippen MR) is 65.6 cm³/mol. The number of hydrogen-bond acceptors (Lipinski definition) is 2. The standard InChI is InChI=1S/C6H3ClO.C6H15N/c7-5-3-4-1-2-6(5)8-4;1-2-3-4-5-6-7/h1-3H;2-7H2,1H3. The zero-order chi connectivity index (χ0) is 11.1. The van der Waals surface area contributed by atoms with Crippen molar-refractivity contribution in [3.8, 4) is 0 Å². The Bertz CT molecular complexity index is 354. The van der Waals surface area contributed by atoms with Crippen LogP contribution in [0.2, 0.25) is 5.02 Å². The van der Waals surface area contributed by atoms with Gasteiger partial charge in [-0.05, 0) is 25.1 Å². The lowest BCUT2D eigenvalue weighted by atomic mass is 10.2. The molecule has 2 rings (SSSR count). The SMILES string of the molecule is CCCCCCN.Clc1cc2ccc1o2. The van der Waals surface area contributed by atoms with Gasteiger partial charge in [0, 0.05) is 6.07 Å². The van der Waals surface area contributed by atoms with E-state index in [0.29, 0.717) is 5.02 Å². The molecule has 0 aliphatic heterocycles. The van der Waals surface area contributed by atoms with Gasteiger partial charge in [0.15, 0.2) is 0 Å². The number of halogens is 1. The van der Waals surface area contributed by atoms with Gasteiger partial charge in [-0.1, -0.05) is 37.8 Å². The number of hydrogen-bond donors (Lipinski definition) is 1. The first-order chi connectivity index (χ1) is 7.27. The molecule has 15 heavy (non-hydrogen) atoms. The summed E-state index contributed by atoms with van der Waals surface area (Å²) in [5, 5.41) is 0.711. The van der Waals surface area contributed by atoms with Crippen LogP contribution in [0.4, 0.5) is 0 Å². The summed E-state index contributed by atoms with van der Waals surface area (Å²) in [6.07, 6.45) is 5.16. The van der Waals surface area contributed by atoms with Crippen LogP contribution >= 0.6 is 11.6 Å². The minimum absolute atomic E-state index is 0.711. The molecule has 0 aliphatic rings. The number of rotatable bonds is 4. The number of fused-ring (bicyclic) bond motifs is 2. The molecule has 0 atom stereocenters. The third kappa shape index (κ3) is 4.10. The molecule has 2 N–H and O–H groups in total. The molecule has 0 saturated heterocycles. The van der Waals surface area contributed by atoms with Crippen molar-refractivity contribution < 1.29 is 4.42 Å². The van der Waals surface area contributed by atoms with Gasteiger partial charge < -0.3 is 10.2 Å². The van der Waals surface area contributed by atoms with Crippen LogP contribution in [-0.4, -0.2) is 6.54 Å². The van der Waals surface area contributed by atoms with Gasteiger partial charge in [0.2, 0.25) is 0 Å². The average Bonchev–Trinajstić information content (AvgIpc) is 2.81. The molecule has 0 aromatic carbocycles. The first kappa shape index (κ1) is 12.3. The molecule has 84 valence electrons. The highest BCUT2D eigenvalue weighted by atomic mass is 35.5. The van der Waals surface area contributed by atoms with Gasteiger partial charge in [-0.15, -0.1) is 0 Å². The second-order valence-corrected chi connectivity index (χ2v) is 3.95. The highest BCUT2D eigenvalue weighted by Crippen LogP contribution is 2.25. The highest BCUT2D eigenvalue weighted by molar-refractivity contribution is 6.34. The van der Waals surface area contributed by atoms with Crippen LogP contribution in [-0.2, 0) is 0 Å². The molecule has 2 aromatic rings. The van der Waals surface area contributed by atoms with E-state index in [1.54, 1.807) is 6.07 Å². The molecule has 0 saturated carbocycles. The van der Waals surface area contributed by atoms with E-state index < -0.39 is 0 Å². The minimum atomic E-state index is 0.711. The third-order valence-corrected chi connectivity index (χ3v) is 2.48. The fraction of sp³-hybridized carbons (Fsp3) is 0.500. The molecular weight excluding hydrogens is 210 g/mol. The molecular formula is C12H18ClNO. The average molecular weight is 228 g/mol. The van der Waals surface area contributed by atoms with Gasteiger partial charge >= 0.3 is 0 Å². The van der Waals surface area contributed by atoms with Crippen molar-refractivity contribution in [1.82, 2.24) is 0 Å². The Labute approximate surface area is 95.7 Å². The lowest BCUT2D eigenvalue weighted by molar-refractivity contribution is 0.674. The highest BCUT2D eigenvalue weighted by Gasteiger charge is 2.01. The Morgan fingerprint density at radius 2 is 2.07 bits per heavy atom. The van der Waals surface area contributed by atoms with E-state index >= 15 is 0 Å². The molecule has 0 unspecified atom stereocenters. The van der Waals surface area contributed by atoms with Crippen LogP contribution in [0, 0.1) is 0 Å². The fourth-order valence-electron chi connectivity index (χ4n) is 1.33. The van der Waals surface area contributed by atoms with Crippen molar-refractivity contribution >= 4 is 22.8 Å². The Hall–Kier alpha value is -0.730. The Balaban J connectivity index is 0.000000153. The molecule has 2 aromatic heterocycles. The summed E-state index contributed by atoms with van der Waals surface area (Å²) < 4.78 is 5.08. The lowest BCUT2D eigenvalue weighted by Gasteiger charge is -1.90. The fourth-order valence-corrected chi connectivity index (χ4v) is 1.54. The number of benzene rings is 1. The molecule has 0 amide bonds. The predicted octanol–water partition coefficient (Wildman–Crippen LogP) is 4.05. The summed E-state index contributed by atoms with van der Waals surface area (Å²) in [4.78, 5) is 0. The summed E-state index contributed by atoms with van der Waals surface area (Å²) >= 11 is 5.64. The first-order valence-corrected chi connectivity index (χ1v) is 5.83. The van der Waals surface area contributed by atoms with Crippen molar-refractivity contribution in [3.05, 3.63) is 23.2 Å². The second-order valence-electron chi connectivity index (χ2n) is 3.54. The monoisotopic (exact) mass is 227 g/mol. The second kappa shape index (κ2) is 6.70. The van der Waals surface area contributed by atoms with Gasteiger partial charge in [0.25, 0.3) is 0 Å². The van der Waals surface area contributed by atoms with Crippen molar-refractivity contribution in [1.29, 1.82) is 0 Å². The van der Waals surface area contributed by atoms with E-state index in [2.05, 4.69) is 6.92 Å². The van der Waals surface area contributed by atoms with E-state index in [4.69, 9.17) is 21.8 Å². The molecule has 0 fully saturated rings. The number of furan rings is 2. The van der Waals surface area contributed by atoms with E-state index in [0.717, 1.165) is 17.7 Å². The molecule has 0 spiro atoms. The van der Waals surface area contributed by atoms with Crippen LogP contribution in [0.25, 0.3) is 11.2 Å². The van der Waals surface area contributed by atoms with Crippen molar-refractivity contribution in [3.63, 3.8) is 0 Å². The number of nitrogens with two attached hydrogens (primary N) is 1. The van der Waals surface area contributed by atoms with Gasteiger partial charge in [-0.25, -0.2) is 0 Å². The minimum Gasteiger partial charge on any atom is -0.456 e. The summed E-state index contributed by atoms with van der Waals surface area (Å²) in [5.41, 5.74) is 6.90. The number of unbranched alkanes of at least 4 members (excludes halogenated alkanes) is 3. The summed E-state index contributed by atoms with van der Waals surface area (Å²) in [7, 11) is 0. The van der Waals surface area contributed by atoms with Crippen molar-refractivity contribution in [2.75, 3.05) is 6.54 Å². The van der Waals surface area contributed by atoms with Crippen LogP contribution < -0.4 is 5.73 Å². The molecule has 3 heteroatoms. The van der Waals surface area contributed by atoms with Crippen molar-refractivity contribution in [2.45, 2.75) is 32.6 Å². The zero-order valence-electron chi connectivity index (χ0n) is 9.13. The van der Waals surface area contributed by atoms with Gasteiger partial charge in [-0.2, -0.15) is 0 Å². The molecule has 2 bridgehead atoms. The van der Waals surface area contributed by atoms with E-state index in [1.807, 2.05) is 12.1 Å². The Kier molecular flexibility index (Phi) is 5.51. The van der Waals surface area contributed by atoms with Gasteiger partial charge in [0.05, 0.1) is 5.02 Å². The normalized spacial score (nSPS) is 10.3. The maximum atomic E-state index is 5.64. The lowest BCUT2D eigenvalue weighted by Crippen LogP contribution is -1.97. The summed E-state index contributed by atoms with van der Waals surface area (Å²) in [6.45, 7) is 3.07.